The first-order valence-electron chi connectivity index (χ1n) is 8.78. The van der Waals surface area contributed by atoms with Crippen LogP contribution in [0.15, 0.2) is 54.0 Å². The fourth-order valence-electron chi connectivity index (χ4n) is 2.98. The molecule has 1 atom stereocenters. The number of fused-ring (bicyclic) bond motifs is 1. The van der Waals surface area contributed by atoms with Crippen molar-refractivity contribution in [3.05, 3.63) is 65.5 Å². The summed E-state index contributed by atoms with van der Waals surface area (Å²) < 4.78 is 27.4. The number of methoxy groups -OCH3 is 1. The summed E-state index contributed by atoms with van der Waals surface area (Å²) in [5.74, 6) is -1.14. The van der Waals surface area contributed by atoms with Crippen LogP contribution in [0.1, 0.15) is 5.56 Å². The second-order valence-electron chi connectivity index (χ2n) is 6.21. The molecule has 0 radical (unpaired) electrons. The van der Waals surface area contributed by atoms with Gasteiger partial charge >= 0.3 is 0 Å². The first kappa shape index (κ1) is 19.2. The molecule has 1 unspecified atom stereocenters. The van der Waals surface area contributed by atoms with Crippen LogP contribution in [0.2, 0.25) is 5.02 Å². The maximum Gasteiger partial charge on any atom is 0.267 e. The minimum atomic E-state index is -1.30. The Hall–Kier alpha value is -3.17. The van der Waals surface area contributed by atoms with E-state index in [1.807, 2.05) is 12.1 Å². The lowest BCUT2D eigenvalue weighted by Gasteiger charge is -2.34. The molecule has 29 heavy (non-hydrogen) atoms. The van der Waals surface area contributed by atoms with Gasteiger partial charge in [0.1, 0.15) is 30.8 Å². The fourth-order valence-corrected chi connectivity index (χ4v) is 3.14. The van der Waals surface area contributed by atoms with E-state index >= 15 is 0 Å². The maximum absolute atomic E-state index is 14.3. The van der Waals surface area contributed by atoms with Gasteiger partial charge in [-0.2, -0.15) is 5.10 Å². The Morgan fingerprint density at radius 1 is 1.28 bits per heavy atom. The number of hydrogen-bond acceptors (Lipinski definition) is 7. The van der Waals surface area contributed by atoms with Crippen molar-refractivity contribution in [2.24, 2.45) is 4.99 Å². The summed E-state index contributed by atoms with van der Waals surface area (Å²) in [5.41, 5.74) is 1.62. The lowest BCUT2D eigenvalue weighted by atomic mass is 10.1. The Morgan fingerprint density at radius 3 is 2.93 bits per heavy atom. The molecule has 1 aliphatic rings. The summed E-state index contributed by atoms with van der Waals surface area (Å²) >= 11 is 5.84. The molecule has 1 aliphatic heterocycles. The third-order valence-corrected chi connectivity index (χ3v) is 4.64. The van der Waals surface area contributed by atoms with E-state index in [2.05, 4.69) is 25.7 Å². The monoisotopic (exact) mass is 416 g/mol. The number of aliphatic imine (C=N–C) groups is 1. The van der Waals surface area contributed by atoms with Crippen LogP contribution < -0.4 is 15.4 Å². The van der Waals surface area contributed by atoms with Gasteiger partial charge in [0.05, 0.1) is 29.8 Å². The molecule has 10 heteroatoms. The number of ether oxygens (including phenoxy) is 2. The molecule has 0 saturated carbocycles. The van der Waals surface area contributed by atoms with Crippen LogP contribution in [-0.2, 0) is 17.1 Å². The highest BCUT2D eigenvalue weighted by Crippen LogP contribution is 2.38. The van der Waals surface area contributed by atoms with Crippen LogP contribution in [0, 0.1) is 5.82 Å². The van der Waals surface area contributed by atoms with Crippen LogP contribution in [0.5, 0.6) is 5.75 Å². The molecule has 0 fully saturated rings. The van der Waals surface area contributed by atoms with E-state index in [9.17, 15) is 4.39 Å². The van der Waals surface area contributed by atoms with Crippen LogP contribution >= 0.6 is 11.6 Å². The minimum absolute atomic E-state index is 0.217. The van der Waals surface area contributed by atoms with E-state index in [-0.39, 0.29) is 5.69 Å². The van der Waals surface area contributed by atoms with Crippen molar-refractivity contribution >= 4 is 29.3 Å². The second-order valence-corrected chi connectivity index (χ2v) is 6.65. The van der Waals surface area contributed by atoms with Crippen molar-refractivity contribution in [1.29, 1.82) is 0 Å². The SMILES string of the molecule is COC1(Nc2ccc(Cl)cc2F)N=CNc2cc(OCCn3cncn3)ccc21. The highest BCUT2D eigenvalue weighted by Gasteiger charge is 2.36. The van der Waals surface area contributed by atoms with E-state index in [0.717, 1.165) is 5.69 Å². The van der Waals surface area contributed by atoms with Crippen LogP contribution in [-0.4, -0.2) is 34.8 Å². The van der Waals surface area contributed by atoms with Gasteiger partial charge in [0.25, 0.3) is 5.85 Å². The molecule has 2 aromatic carbocycles. The third kappa shape index (κ3) is 4.01. The van der Waals surface area contributed by atoms with Gasteiger partial charge in [-0.15, -0.1) is 0 Å². The zero-order valence-electron chi connectivity index (χ0n) is 15.5. The molecular weight excluding hydrogens is 399 g/mol. The van der Waals surface area contributed by atoms with Gasteiger partial charge in [-0.25, -0.2) is 19.0 Å². The van der Waals surface area contributed by atoms with Crippen LogP contribution in [0.25, 0.3) is 0 Å². The summed E-state index contributed by atoms with van der Waals surface area (Å²) in [5, 5.41) is 10.4. The van der Waals surface area contributed by atoms with Crippen molar-refractivity contribution < 1.29 is 13.9 Å². The molecule has 0 spiro atoms. The number of benzene rings is 2. The van der Waals surface area contributed by atoms with E-state index in [4.69, 9.17) is 21.1 Å². The highest BCUT2D eigenvalue weighted by molar-refractivity contribution is 6.30. The molecule has 0 bridgehead atoms. The molecule has 3 aromatic rings. The predicted octanol–water partition coefficient (Wildman–Crippen LogP) is 3.47. The Balaban J connectivity index is 1.55. The molecule has 0 aliphatic carbocycles. The zero-order valence-corrected chi connectivity index (χ0v) is 16.2. The average Bonchev–Trinajstić information content (AvgIpc) is 3.23. The quantitative estimate of drug-likeness (QED) is 0.573. The minimum Gasteiger partial charge on any atom is -0.492 e. The van der Waals surface area contributed by atoms with E-state index in [1.165, 1.54) is 31.9 Å². The first-order valence-corrected chi connectivity index (χ1v) is 9.16. The third-order valence-electron chi connectivity index (χ3n) is 4.41. The molecule has 1 aromatic heterocycles. The van der Waals surface area contributed by atoms with E-state index < -0.39 is 11.7 Å². The number of nitrogens with one attached hydrogen (secondary N) is 2. The lowest BCUT2D eigenvalue weighted by Crippen LogP contribution is -2.39. The highest BCUT2D eigenvalue weighted by atomic mass is 35.5. The van der Waals surface area contributed by atoms with E-state index in [0.29, 0.717) is 29.5 Å². The molecule has 4 rings (SSSR count). The van der Waals surface area contributed by atoms with Gasteiger partial charge in [0.2, 0.25) is 0 Å². The fraction of sp³-hybridized carbons (Fsp3) is 0.211. The smallest absolute Gasteiger partial charge is 0.267 e. The largest absolute Gasteiger partial charge is 0.492 e. The maximum atomic E-state index is 14.3. The number of halogens is 2. The summed E-state index contributed by atoms with van der Waals surface area (Å²) in [6.45, 7) is 1.01. The van der Waals surface area contributed by atoms with Crippen molar-refractivity contribution in [2.75, 3.05) is 24.4 Å². The molecule has 2 heterocycles. The lowest BCUT2D eigenvalue weighted by molar-refractivity contribution is 0.0188. The normalized spacial score (nSPS) is 17.5. The van der Waals surface area contributed by atoms with Gasteiger partial charge in [-0.05, 0) is 30.3 Å². The summed E-state index contributed by atoms with van der Waals surface area (Å²) in [4.78, 5) is 8.27. The van der Waals surface area contributed by atoms with Crippen LogP contribution in [0.4, 0.5) is 15.8 Å². The second kappa shape index (κ2) is 8.06. The van der Waals surface area contributed by atoms with Crippen molar-refractivity contribution in [3.8, 4) is 5.75 Å². The van der Waals surface area contributed by atoms with Gasteiger partial charge in [-0.3, -0.25) is 0 Å². The summed E-state index contributed by atoms with van der Waals surface area (Å²) in [7, 11) is 1.50. The van der Waals surface area contributed by atoms with E-state index in [1.54, 1.807) is 23.1 Å². The molecule has 8 nitrogen and oxygen atoms in total. The average molecular weight is 417 g/mol. The Bertz CT molecular complexity index is 1030. The van der Waals surface area contributed by atoms with Gasteiger partial charge < -0.3 is 20.1 Å². The van der Waals surface area contributed by atoms with Crippen molar-refractivity contribution in [3.63, 3.8) is 0 Å². The molecule has 150 valence electrons. The van der Waals surface area contributed by atoms with Gasteiger partial charge in [0.15, 0.2) is 0 Å². The number of hydrogen-bond donors (Lipinski definition) is 2. The predicted molar refractivity (Wildman–Crippen MR) is 108 cm³/mol. The van der Waals surface area contributed by atoms with Gasteiger partial charge in [0, 0.05) is 18.2 Å². The summed E-state index contributed by atoms with van der Waals surface area (Å²) in [6, 6.07) is 9.80. The number of rotatable bonds is 7. The molecular formula is C19H18ClFN6O2. The Kier molecular flexibility index (Phi) is 5.32. The Labute approximate surface area is 171 Å². The molecule has 2 N–H and O–H groups in total. The molecule has 0 saturated heterocycles. The van der Waals surface area contributed by atoms with Crippen molar-refractivity contribution in [1.82, 2.24) is 14.8 Å². The van der Waals surface area contributed by atoms with Crippen molar-refractivity contribution in [2.45, 2.75) is 12.4 Å². The number of aromatic nitrogens is 3. The van der Waals surface area contributed by atoms with Gasteiger partial charge in [-0.1, -0.05) is 11.6 Å². The Morgan fingerprint density at radius 2 is 2.17 bits per heavy atom. The number of anilines is 2. The topological polar surface area (TPSA) is 85.6 Å². The summed E-state index contributed by atoms with van der Waals surface area (Å²) in [6.07, 6.45) is 4.59. The standard InChI is InChI=1S/C19H18ClFN6O2/c1-28-19(26-17-5-2-13(20)8-16(17)21)15-4-3-14(9-18(15)23-11-24-19)29-7-6-27-12-22-10-25-27/h2-5,8-12,26H,6-7H2,1H3,(H,23,24). The number of nitrogens with zero attached hydrogens (tertiary/aromatic N) is 4. The molecule has 0 amide bonds. The van der Waals surface area contributed by atoms with Crippen LogP contribution in [0.3, 0.4) is 0 Å². The first-order chi connectivity index (χ1) is 14.1. The zero-order chi connectivity index (χ0) is 20.3.